The summed E-state index contributed by atoms with van der Waals surface area (Å²) in [5.74, 6) is -2.39. The molecular weight excluding hydrogens is 308 g/mol. The molecule has 100 valence electrons. The van der Waals surface area contributed by atoms with Gasteiger partial charge in [0, 0.05) is 10.5 Å². The van der Waals surface area contributed by atoms with Gasteiger partial charge in [0.25, 0.3) is 0 Å². The van der Waals surface area contributed by atoms with Crippen LogP contribution in [0.4, 0.5) is 14.5 Å². The summed E-state index contributed by atoms with van der Waals surface area (Å²) in [6, 6.07) is 1.85. The van der Waals surface area contributed by atoms with Crippen molar-refractivity contribution in [3.05, 3.63) is 28.2 Å². The fraction of sp³-hybridized carbons (Fsp3) is 0.417. The third-order valence-corrected chi connectivity index (χ3v) is 3.16. The lowest BCUT2D eigenvalue weighted by molar-refractivity contribution is -0.145. The lowest BCUT2D eigenvalue weighted by atomic mass is 10.0. The number of rotatable bonds is 4. The Balaban J connectivity index is 2.88. The molecule has 0 bridgehead atoms. The van der Waals surface area contributed by atoms with Crippen molar-refractivity contribution in [3.63, 3.8) is 0 Å². The van der Waals surface area contributed by atoms with Crippen molar-refractivity contribution in [2.75, 3.05) is 12.4 Å². The molecule has 1 N–H and O–H groups in total. The molecule has 0 saturated heterocycles. The number of methoxy groups -OCH3 is 1. The van der Waals surface area contributed by atoms with Gasteiger partial charge in [0.15, 0.2) is 0 Å². The van der Waals surface area contributed by atoms with Gasteiger partial charge in [-0.15, -0.1) is 0 Å². The average Bonchev–Trinajstić information content (AvgIpc) is 2.31. The number of nitrogens with one attached hydrogen (secondary N) is 1. The van der Waals surface area contributed by atoms with E-state index >= 15 is 0 Å². The highest BCUT2D eigenvalue weighted by Crippen LogP contribution is 2.25. The second kappa shape index (κ2) is 6.13. The van der Waals surface area contributed by atoms with E-state index in [0.717, 1.165) is 12.1 Å². The van der Waals surface area contributed by atoms with Gasteiger partial charge in [-0.25, -0.2) is 8.78 Å². The number of hydrogen-bond acceptors (Lipinski definition) is 3. The standard InChI is InChI=1S/C12H14BrF2NO2/c1-6(12(17)18-3)7(2)16-11-9(14)4-8(13)5-10(11)15/h4-7,16H,1-3H3. The molecule has 1 aromatic rings. The van der Waals surface area contributed by atoms with Crippen LogP contribution in [0.5, 0.6) is 0 Å². The van der Waals surface area contributed by atoms with Gasteiger partial charge in [0.1, 0.15) is 17.3 Å². The Kier molecular flexibility index (Phi) is 5.07. The number of hydrogen-bond donors (Lipinski definition) is 1. The number of carbonyl (C=O) groups is 1. The molecule has 2 unspecified atom stereocenters. The van der Waals surface area contributed by atoms with Gasteiger partial charge >= 0.3 is 5.97 Å². The second-order valence-corrected chi connectivity index (χ2v) is 4.90. The van der Waals surface area contributed by atoms with Crippen LogP contribution in [-0.2, 0) is 9.53 Å². The summed E-state index contributed by atoms with van der Waals surface area (Å²) in [5.41, 5.74) is -0.249. The summed E-state index contributed by atoms with van der Waals surface area (Å²) in [6.45, 7) is 3.28. The van der Waals surface area contributed by atoms with Crippen LogP contribution in [0.15, 0.2) is 16.6 Å². The van der Waals surface area contributed by atoms with Crippen LogP contribution in [0.3, 0.4) is 0 Å². The largest absolute Gasteiger partial charge is 0.469 e. The van der Waals surface area contributed by atoms with E-state index in [1.807, 2.05) is 0 Å². The molecule has 3 nitrogen and oxygen atoms in total. The average molecular weight is 322 g/mol. The molecule has 1 rings (SSSR count). The Hall–Kier alpha value is -1.17. The number of ether oxygens (including phenoxy) is 1. The van der Waals surface area contributed by atoms with E-state index in [4.69, 9.17) is 0 Å². The maximum atomic E-state index is 13.6. The minimum Gasteiger partial charge on any atom is -0.469 e. The minimum absolute atomic E-state index is 0.249. The summed E-state index contributed by atoms with van der Waals surface area (Å²) in [5, 5.41) is 2.65. The Morgan fingerprint density at radius 2 is 1.83 bits per heavy atom. The van der Waals surface area contributed by atoms with Gasteiger partial charge in [-0.1, -0.05) is 15.9 Å². The van der Waals surface area contributed by atoms with E-state index in [9.17, 15) is 13.6 Å². The number of esters is 1. The van der Waals surface area contributed by atoms with Crippen molar-refractivity contribution in [1.29, 1.82) is 0 Å². The van der Waals surface area contributed by atoms with Gasteiger partial charge in [0.2, 0.25) is 0 Å². The zero-order valence-electron chi connectivity index (χ0n) is 10.3. The monoisotopic (exact) mass is 321 g/mol. The van der Waals surface area contributed by atoms with Gasteiger partial charge in [-0.05, 0) is 26.0 Å². The van der Waals surface area contributed by atoms with Crippen molar-refractivity contribution in [3.8, 4) is 0 Å². The van der Waals surface area contributed by atoms with Crippen molar-refractivity contribution < 1.29 is 18.3 Å². The van der Waals surface area contributed by atoms with Crippen LogP contribution in [0, 0.1) is 17.6 Å². The van der Waals surface area contributed by atoms with Crippen LogP contribution in [-0.4, -0.2) is 19.1 Å². The molecule has 0 radical (unpaired) electrons. The highest BCUT2D eigenvalue weighted by Gasteiger charge is 2.23. The van der Waals surface area contributed by atoms with Crippen LogP contribution < -0.4 is 5.32 Å². The highest BCUT2D eigenvalue weighted by molar-refractivity contribution is 9.10. The molecule has 18 heavy (non-hydrogen) atoms. The minimum atomic E-state index is -0.717. The van der Waals surface area contributed by atoms with E-state index in [1.165, 1.54) is 7.11 Å². The van der Waals surface area contributed by atoms with E-state index < -0.39 is 29.6 Å². The van der Waals surface area contributed by atoms with E-state index in [2.05, 4.69) is 26.0 Å². The van der Waals surface area contributed by atoms with Crippen molar-refractivity contribution in [2.45, 2.75) is 19.9 Å². The molecule has 0 aliphatic rings. The van der Waals surface area contributed by atoms with E-state index in [0.29, 0.717) is 4.47 Å². The van der Waals surface area contributed by atoms with E-state index in [1.54, 1.807) is 13.8 Å². The lowest BCUT2D eigenvalue weighted by Crippen LogP contribution is -2.31. The third kappa shape index (κ3) is 3.41. The molecule has 0 spiro atoms. The summed E-state index contributed by atoms with van der Waals surface area (Å²) in [6.07, 6.45) is 0. The topological polar surface area (TPSA) is 38.3 Å². The molecule has 0 amide bonds. The van der Waals surface area contributed by atoms with Gasteiger partial charge in [-0.3, -0.25) is 4.79 Å². The van der Waals surface area contributed by atoms with Crippen molar-refractivity contribution >= 4 is 27.6 Å². The fourth-order valence-corrected chi connectivity index (χ4v) is 1.82. The lowest BCUT2D eigenvalue weighted by Gasteiger charge is -2.21. The fourth-order valence-electron chi connectivity index (χ4n) is 1.42. The highest BCUT2D eigenvalue weighted by atomic mass is 79.9. The maximum Gasteiger partial charge on any atom is 0.310 e. The maximum absolute atomic E-state index is 13.6. The number of halogens is 3. The molecule has 1 aromatic carbocycles. The summed E-state index contributed by atoms with van der Waals surface area (Å²) < 4.78 is 32.0. The smallest absolute Gasteiger partial charge is 0.310 e. The molecule has 0 aliphatic carbocycles. The quantitative estimate of drug-likeness (QED) is 0.864. The first-order chi connectivity index (χ1) is 8.36. The second-order valence-electron chi connectivity index (χ2n) is 3.99. The van der Waals surface area contributed by atoms with Crippen LogP contribution in [0.1, 0.15) is 13.8 Å². The predicted molar refractivity (Wildman–Crippen MR) is 68.3 cm³/mol. The predicted octanol–water partition coefficient (Wildman–Crippen LogP) is 3.34. The SMILES string of the molecule is COC(=O)C(C)C(C)Nc1c(F)cc(Br)cc1F. The van der Waals surface area contributed by atoms with Crippen LogP contribution in [0.25, 0.3) is 0 Å². The third-order valence-electron chi connectivity index (χ3n) is 2.70. The van der Waals surface area contributed by atoms with Gasteiger partial charge < -0.3 is 10.1 Å². The Morgan fingerprint density at radius 3 is 2.28 bits per heavy atom. The Labute approximate surface area is 113 Å². The van der Waals surface area contributed by atoms with Crippen LogP contribution in [0.2, 0.25) is 0 Å². The first kappa shape index (κ1) is 14.9. The molecule has 6 heteroatoms. The van der Waals surface area contributed by atoms with Gasteiger partial charge in [-0.2, -0.15) is 0 Å². The molecule has 2 atom stereocenters. The molecule has 0 aliphatic heterocycles. The van der Waals surface area contributed by atoms with E-state index in [-0.39, 0.29) is 5.69 Å². The molecular formula is C12H14BrF2NO2. The first-order valence-electron chi connectivity index (χ1n) is 5.35. The zero-order chi connectivity index (χ0) is 13.9. The summed E-state index contributed by atoms with van der Waals surface area (Å²) >= 11 is 2.99. The molecule has 0 aromatic heterocycles. The first-order valence-corrected chi connectivity index (χ1v) is 6.15. The Morgan fingerprint density at radius 1 is 1.33 bits per heavy atom. The zero-order valence-corrected chi connectivity index (χ0v) is 11.8. The Bertz CT molecular complexity index is 431. The normalized spacial score (nSPS) is 13.9. The summed E-state index contributed by atoms with van der Waals surface area (Å²) in [7, 11) is 1.27. The molecule has 0 heterocycles. The number of carbonyl (C=O) groups excluding carboxylic acids is 1. The number of benzene rings is 1. The molecule has 0 fully saturated rings. The van der Waals surface area contributed by atoms with Gasteiger partial charge in [0.05, 0.1) is 13.0 Å². The van der Waals surface area contributed by atoms with Crippen LogP contribution >= 0.6 is 15.9 Å². The summed E-state index contributed by atoms with van der Waals surface area (Å²) in [4.78, 5) is 11.3. The number of anilines is 1. The van der Waals surface area contributed by atoms with Crippen molar-refractivity contribution in [1.82, 2.24) is 0 Å². The van der Waals surface area contributed by atoms with Crippen molar-refractivity contribution in [2.24, 2.45) is 5.92 Å². The molecule has 0 saturated carbocycles.